The summed E-state index contributed by atoms with van der Waals surface area (Å²) < 4.78 is 17.5. The Kier molecular flexibility index (Phi) is 7.43. The summed E-state index contributed by atoms with van der Waals surface area (Å²) in [4.78, 5) is 2.50. The van der Waals surface area contributed by atoms with Crippen molar-refractivity contribution in [1.29, 1.82) is 0 Å². The number of likely N-dealkylation sites (tertiary alicyclic amines) is 1. The number of ether oxygens (including phenoxy) is 3. The highest BCUT2D eigenvalue weighted by Crippen LogP contribution is 2.45. The number of fused-ring (bicyclic) bond motifs is 1. The zero-order chi connectivity index (χ0) is 24.0. The number of benzene rings is 3. The number of hydrogen-bond donors (Lipinski definition) is 1. The Morgan fingerprint density at radius 1 is 0.914 bits per heavy atom. The van der Waals surface area contributed by atoms with Crippen molar-refractivity contribution < 1.29 is 19.3 Å². The van der Waals surface area contributed by atoms with Crippen LogP contribution in [0, 0.1) is 0 Å². The third-order valence-corrected chi connectivity index (χ3v) is 7.35. The SMILES string of the molecule is COc1ccc(C2COc3cc(O)ccc3C2Cc2ccc(OCCN3CCCCC3)cc2)cc1. The second-order valence-corrected chi connectivity index (χ2v) is 9.62. The minimum absolute atomic E-state index is 0.207. The van der Waals surface area contributed by atoms with Gasteiger partial charge in [-0.05, 0) is 79.4 Å². The lowest BCUT2D eigenvalue weighted by Crippen LogP contribution is -2.33. The lowest BCUT2D eigenvalue weighted by molar-refractivity contribution is 0.183. The molecule has 0 radical (unpaired) electrons. The Bertz CT molecular complexity index is 1090. The summed E-state index contributed by atoms with van der Waals surface area (Å²) in [5.41, 5.74) is 3.63. The van der Waals surface area contributed by atoms with Crippen molar-refractivity contribution in [3.05, 3.63) is 83.4 Å². The lowest BCUT2D eigenvalue weighted by Gasteiger charge is -2.34. The molecule has 1 saturated heterocycles. The molecule has 3 aromatic carbocycles. The van der Waals surface area contributed by atoms with Crippen molar-refractivity contribution in [2.75, 3.05) is 40.0 Å². The minimum Gasteiger partial charge on any atom is -0.508 e. The van der Waals surface area contributed by atoms with Crippen LogP contribution in [0.2, 0.25) is 0 Å². The molecule has 0 aromatic heterocycles. The zero-order valence-corrected chi connectivity index (χ0v) is 20.5. The van der Waals surface area contributed by atoms with E-state index in [-0.39, 0.29) is 17.6 Å². The summed E-state index contributed by atoms with van der Waals surface area (Å²) in [6.45, 7) is 4.70. The van der Waals surface area contributed by atoms with Crippen LogP contribution in [0.3, 0.4) is 0 Å². The van der Waals surface area contributed by atoms with E-state index in [2.05, 4.69) is 41.3 Å². The van der Waals surface area contributed by atoms with Gasteiger partial charge in [-0.25, -0.2) is 0 Å². The fraction of sp³-hybridized carbons (Fsp3) is 0.400. The van der Waals surface area contributed by atoms with Crippen molar-refractivity contribution >= 4 is 0 Å². The summed E-state index contributed by atoms with van der Waals surface area (Å²) in [6, 6.07) is 22.3. The highest BCUT2D eigenvalue weighted by Gasteiger charge is 2.32. The molecule has 5 heteroatoms. The van der Waals surface area contributed by atoms with Gasteiger partial charge < -0.3 is 19.3 Å². The van der Waals surface area contributed by atoms with Crippen molar-refractivity contribution in [1.82, 2.24) is 4.90 Å². The first-order valence-electron chi connectivity index (χ1n) is 12.7. The van der Waals surface area contributed by atoms with E-state index in [1.165, 1.54) is 43.5 Å². The predicted octanol–water partition coefficient (Wildman–Crippen LogP) is 5.77. The summed E-state index contributed by atoms with van der Waals surface area (Å²) >= 11 is 0. The molecule has 1 fully saturated rings. The molecule has 5 nitrogen and oxygen atoms in total. The largest absolute Gasteiger partial charge is 0.508 e. The molecule has 0 spiro atoms. The second kappa shape index (κ2) is 11.0. The van der Waals surface area contributed by atoms with Gasteiger partial charge in [0.25, 0.3) is 0 Å². The van der Waals surface area contributed by atoms with Gasteiger partial charge >= 0.3 is 0 Å². The first-order chi connectivity index (χ1) is 17.2. The Balaban J connectivity index is 1.29. The third kappa shape index (κ3) is 5.73. The molecule has 0 bridgehead atoms. The Hall–Kier alpha value is -3.18. The molecule has 0 amide bonds. The molecule has 5 rings (SSSR count). The molecule has 2 aliphatic rings. The van der Waals surface area contributed by atoms with Crippen molar-refractivity contribution in [2.45, 2.75) is 37.5 Å². The average molecular weight is 474 g/mol. The average Bonchev–Trinajstić information content (AvgIpc) is 2.90. The quantitative estimate of drug-likeness (QED) is 0.450. The Labute approximate surface area is 208 Å². The summed E-state index contributed by atoms with van der Waals surface area (Å²) in [5, 5.41) is 9.98. The van der Waals surface area contributed by atoms with Crippen LogP contribution in [-0.2, 0) is 6.42 Å². The Morgan fingerprint density at radius 3 is 2.40 bits per heavy atom. The van der Waals surface area contributed by atoms with E-state index in [0.717, 1.165) is 42.4 Å². The molecule has 2 unspecified atom stereocenters. The van der Waals surface area contributed by atoms with Crippen LogP contribution in [0.4, 0.5) is 0 Å². The van der Waals surface area contributed by atoms with E-state index >= 15 is 0 Å². The van der Waals surface area contributed by atoms with Gasteiger partial charge in [0.05, 0.1) is 13.7 Å². The van der Waals surface area contributed by atoms with E-state index in [4.69, 9.17) is 14.2 Å². The van der Waals surface area contributed by atoms with Crippen LogP contribution in [0.5, 0.6) is 23.0 Å². The molecule has 0 aliphatic carbocycles. The van der Waals surface area contributed by atoms with Crippen molar-refractivity contribution in [2.24, 2.45) is 0 Å². The molecule has 3 aromatic rings. The van der Waals surface area contributed by atoms with Crippen LogP contribution >= 0.6 is 0 Å². The number of methoxy groups -OCH3 is 1. The maximum atomic E-state index is 9.98. The van der Waals surface area contributed by atoms with E-state index in [0.29, 0.717) is 6.61 Å². The number of hydrogen-bond acceptors (Lipinski definition) is 5. The Morgan fingerprint density at radius 2 is 1.66 bits per heavy atom. The van der Waals surface area contributed by atoms with Gasteiger partial charge in [-0.15, -0.1) is 0 Å². The van der Waals surface area contributed by atoms with Gasteiger partial charge in [0.2, 0.25) is 0 Å². The van der Waals surface area contributed by atoms with Gasteiger partial charge in [0.15, 0.2) is 0 Å². The van der Waals surface area contributed by atoms with Crippen LogP contribution in [0.1, 0.15) is 47.8 Å². The first-order valence-corrected chi connectivity index (χ1v) is 12.7. The van der Waals surface area contributed by atoms with Crippen LogP contribution in [-0.4, -0.2) is 50.0 Å². The topological polar surface area (TPSA) is 51.2 Å². The highest BCUT2D eigenvalue weighted by molar-refractivity contribution is 5.47. The normalized spacial score (nSPS) is 20.0. The molecule has 2 aliphatic heterocycles. The van der Waals surface area contributed by atoms with Gasteiger partial charge in [0.1, 0.15) is 29.6 Å². The lowest BCUT2D eigenvalue weighted by atomic mass is 9.76. The van der Waals surface area contributed by atoms with Crippen molar-refractivity contribution in [3.8, 4) is 23.0 Å². The van der Waals surface area contributed by atoms with Gasteiger partial charge in [0, 0.05) is 24.4 Å². The van der Waals surface area contributed by atoms with Crippen LogP contribution < -0.4 is 14.2 Å². The maximum absolute atomic E-state index is 9.98. The number of piperidine rings is 1. The van der Waals surface area contributed by atoms with Gasteiger partial charge in [-0.2, -0.15) is 0 Å². The van der Waals surface area contributed by atoms with Crippen LogP contribution in [0.15, 0.2) is 66.7 Å². The van der Waals surface area contributed by atoms with Crippen molar-refractivity contribution in [3.63, 3.8) is 0 Å². The molecule has 1 N–H and O–H groups in total. The number of phenolic OH excluding ortho intramolecular Hbond substituents is 1. The van der Waals surface area contributed by atoms with Gasteiger partial charge in [-0.1, -0.05) is 36.8 Å². The molecule has 2 heterocycles. The van der Waals surface area contributed by atoms with E-state index < -0.39 is 0 Å². The fourth-order valence-electron chi connectivity index (χ4n) is 5.35. The molecular weight excluding hydrogens is 438 g/mol. The molecule has 184 valence electrons. The molecule has 0 saturated carbocycles. The van der Waals surface area contributed by atoms with Crippen LogP contribution in [0.25, 0.3) is 0 Å². The number of aromatic hydroxyl groups is 1. The van der Waals surface area contributed by atoms with E-state index in [9.17, 15) is 5.11 Å². The summed E-state index contributed by atoms with van der Waals surface area (Å²) in [7, 11) is 1.69. The van der Waals surface area contributed by atoms with E-state index in [1.54, 1.807) is 19.2 Å². The monoisotopic (exact) mass is 473 g/mol. The molecule has 35 heavy (non-hydrogen) atoms. The molecular formula is C30H35NO4. The predicted molar refractivity (Wildman–Crippen MR) is 138 cm³/mol. The first kappa shape index (κ1) is 23.6. The smallest absolute Gasteiger partial charge is 0.126 e. The second-order valence-electron chi connectivity index (χ2n) is 9.62. The highest BCUT2D eigenvalue weighted by atomic mass is 16.5. The number of rotatable bonds is 8. The summed E-state index contributed by atoms with van der Waals surface area (Å²) in [5.74, 6) is 3.23. The number of nitrogens with zero attached hydrogens (tertiary/aromatic N) is 1. The zero-order valence-electron chi connectivity index (χ0n) is 20.5. The number of phenols is 1. The minimum atomic E-state index is 0.207. The fourth-order valence-corrected chi connectivity index (χ4v) is 5.35. The molecule has 2 atom stereocenters. The third-order valence-electron chi connectivity index (χ3n) is 7.35. The standard InChI is InChI=1S/C30H35NO4/c1-33-25-12-7-23(8-13-25)29-21-35-30-20-24(32)9-14-27(30)28(29)19-22-5-10-26(11-6-22)34-18-17-31-15-3-2-4-16-31/h5-14,20,28-29,32H,2-4,15-19,21H2,1H3. The maximum Gasteiger partial charge on any atom is 0.126 e. The van der Waals surface area contributed by atoms with Gasteiger partial charge in [-0.3, -0.25) is 4.90 Å². The van der Waals surface area contributed by atoms with E-state index in [1.807, 2.05) is 18.2 Å². The summed E-state index contributed by atoms with van der Waals surface area (Å²) in [6.07, 6.45) is 4.85.